The zero-order valence-corrected chi connectivity index (χ0v) is 17.9. The summed E-state index contributed by atoms with van der Waals surface area (Å²) in [5, 5.41) is 0.873. The lowest BCUT2D eigenvalue weighted by atomic mass is 10.00. The van der Waals surface area contributed by atoms with Crippen molar-refractivity contribution in [3.8, 4) is 11.3 Å². The summed E-state index contributed by atoms with van der Waals surface area (Å²) in [6, 6.07) is 17.9. The fourth-order valence-electron chi connectivity index (χ4n) is 3.66. The summed E-state index contributed by atoms with van der Waals surface area (Å²) in [4.78, 5) is 4.32. The molecule has 4 rings (SSSR count). The smallest absolute Gasteiger partial charge is 0.295 e. The monoisotopic (exact) mass is 434 g/mol. The molecule has 158 valence electrons. The molecule has 0 saturated heterocycles. The highest BCUT2D eigenvalue weighted by Gasteiger charge is 2.18. The molecule has 0 saturated carbocycles. The summed E-state index contributed by atoms with van der Waals surface area (Å²) < 4.78 is 33.4. The summed E-state index contributed by atoms with van der Waals surface area (Å²) in [5.41, 5.74) is 17.7. The summed E-state index contributed by atoms with van der Waals surface area (Å²) in [7, 11) is -4.43. The Labute approximate surface area is 180 Å². The van der Waals surface area contributed by atoms with Crippen molar-refractivity contribution in [3.05, 3.63) is 78.0 Å². The largest absolute Gasteiger partial charge is 0.396 e. The van der Waals surface area contributed by atoms with Crippen molar-refractivity contribution in [2.75, 3.05) is 16.6 Å². The van der Waals surface area contributed by atoms with E-state index in [-0.39, 0.29) is 4.90 Å². The van der Waals surface area contributed by atoms with Gasteiger partial charge in [-0.3, -0.25) is 20.4 Å². The number of rotatable bonds is 5. The molecule has 8 heteroatoms. The number of nitrogens with two attached hydrogens (primary N) is 1. The van der Waals surface area contributed by atoms with Crippen LogP contribution in [0.2, 0.25) is 0 Å². The number of nitrogen functional groups attached to an aromatic ring is 1. The average Bonchev–Trinajstić information content (AvgIpc) is 2.73. The molecule has 4 aromatic rings. The van der Waals surface area contributed by atoms with Gasteiger partial charge in [0.15, 0.2) is 0 Å². The Morgan fingerprint density at radius 1 is 0.903 bits per heavy atom. The molecule has 1 heterocycles. The van der Waals surface area contributed by atoms with E-state index in [1.807, 2.05) is 44.2 Å². The van der Waals surface area contributed by atoms with Gasteiger partial charge >= 0.3 is 0 Å². The van der Waals surface area contributed by atoms with Crippen LogP contribution in [-0.4, -0.2) is 18.0 Å². The van der Waals surface area contributed by atoms with E-state index in [2.05, 4.69) is 15.8 Å². The van der Waals surface area contributed by atoms with Gasteiger partial charge in [0.05, 0.1) is 29.0 Å². The second-order valence-electron chi connectivity index (χ2n) is 7.31. The molecule has 0 bridgehead atoms. The summed E-state index contributed by atoms with van der Waals surface area (Å²) in [6.07, 6.45) is 1.68. The zero-order chi connectivity index (χ0) is 22.2. The topological polar surface area (TPSA) is 117 Å². The van der Waals surface area contributed by atoms with E-state index < -0.39 is 10.1 Å². The summed E-state index contributed by atoms with van der Waals surface area (Å²) in [6.45, 7) is 4.10. The average molecular weight is 435 g/mol. The Kier molecular flexibility index (Phi) is 5.26. The predicted octanol–water partition coefficient (Wildman–Crippen LogP) is 4.79. The standard InChI is InChI=1S/C23H22N4O3S/c1-14-6-5-7-15(2)22(14)19-11-10-16(13-25-19)26-27-20-12-21(31(28,29)30)17-8-3-4-9-18(17)23(20)24/h3-13,26-27H,24H2,1-2H3,(H,28,29,30). The summed E-state index contributed by atoms with van der Waals surface area (Å²) >= 11 is 0. The van der Waals surface area contributed by atoms with Gasteiger partial charge in [-0.05, 0) is 43.2 Å². The lowest BCUT2D eigenvalue weighted by molar-refractivity contribution is 0.484. The van der Waals surface area contributed by atoms with Crippen molar-refractivity contribution in [1.29, 1.82) is 0 Å². The van der Waals surface area contributed by atoms with Crippen LogP contribution in [0.15, 0.2) is 71.8 Å². The van der Waals surface area contributed by atoms with Gasteiger partial charge in [0.2, 0.25) is 0 Å². The predicted molar refractivity (Wildman–Crippen MR) is 125 cm³/mol. The second-order valence-corrected chi connectivity index (χ2v) is 8.70. The van der Waals surface area contributed by atoms with Crippen LogP contribution in [0, 0.1) is 13.8 Å². The number of pyridine rings is 1. The van der Waals surface area contributed by atoms with Crippen molar-refractivity contribution < 1.29 is 13.0 Å². The molecule has 1 aromatic heterocycles. The number of benzene rings is 3. The minimum Gasteiger partial charge on any atom is -0.396 e. The van der Waals surface area contributed by atoms with Gasteiger partial charge in [-0.1, -0.05) is 42.5 Å². The number of aromatic nitrogens is 1. The van der Waals surface area contributed by atoms with Crippen molar-refractivity contribution in [1.82, 2.24) is 4.98 Å². The number of nitrogens with one attached hydrogen (secondary N) is 2. The maximum Gasteiger partial charge on any atom is 0.295 e. The molecule has 0 aliphatic carbocycles. The van der Waals surface area contributed by atoms with Gasteiger partial charge in [-0.25, -0.2) is 0 Å². The molecular weight excluding hydrogens is 412 g/mol. The molecule has 3 aromatic carbocycles. The van der Waals surface area contributed by atoms with Crippen LogP contribution < -0.4 is 16.6 Å². The normalized spacial score (nSPS) is 11.5. The maximum atomic E-state index is 11.9. The number of hydrazine groups is 1. The molecule has 0 amide bonds. The van der Waals surface area contributed by atoms with Crippen LogP contribution >= 0.6 is 0 Å². The van der Waals surface area contributed by atoms with Crippen LogP contribution in [0.4, 0.5) is 17.1 Å². The Morgan fingerprint density at radius 2 is 1.58 bits per heavy atom. The first-order valence-corrected chi connectivity index (χ1v) is 11.0. The SMILES string of the molecule is Cc1cccc(C)c1-c1ccc(NNc2cc(S(=O)(=O)O)c3ccccc3c2N)cn1. The highest BCUT2D eigenvalue weighted by molar-refractivity contribution is 7.86. The zero-order valence-electron chi connectivity index (χ0n) is 17.0. The molecule has 0 atom stereocenters. The first-order valence-electron chi connectivity index (χ1n) is 9.59. The molecule has 0 aliphatic heterocycles. The molecule has 5 N–H and O–H groups in total. The van der Waals surface area contributed by atoms with Crippen molar-refractivity contribution in [2.24, 2.45) is 0 Å². The molecule has 0 aliphatic rings. The third-order valence-electron chi connectivity index (χ3n) is 5.17. The molecule has 0 spiro atoms. The van der Waals surface area contributed by atoms with Gasteiger partial charge in [-0.2, -0.15) is 8.42 Å². The molecule has 0 unspecified atom stereocenters. The van der Waals surface area contributed by atoms with Gasteiger partial charge in [0.25, 0.3) is 10.1 Å². The summed E-state index contributed by atoms with van der Waals surface area (Å²) in [5.74, 6) is 0. The van der Waals surface area contributed by atoms with E-state index in [0.717, 1.165) is 22.4 Å². The Hall–Kier alpha value is -3.62. The lowest BCUT2D eigenvalue weighted by Crippen LogP contribution is -2.12. The number of hydrogen-bond acceptors (Lipinski definition) is 6. The highest BCUT2D eigenvalue weighted by atomic mass is 32.2. The van der Waals surface area contributed by atoms with Crippen LogP contribution in [0.3, 0.4) is 0 Å². The van der Waals surface area contributed by atoms with E-state index in [0.29, 0.717) is 27.8 Å². The lowest BCUT2D eigenvalue weighted by Gasteiger charge is -2.16. The number of nitrogens with zero attached hydrogens (tertiary/aromatic N) is 1. The van der Waals surface area contributed by atoms with Crippen LogP contribution in [0.1, 0.15) is 11.1 Å². The van der Waals surface area contributed by atoms with Gasteiger partial charge < -0.3 is 5.73 Å². The van der Waals surface area contributed by atoms with Crippen LogP contribution in [-0.2, 0) is 10.1 Å². The molecule has 7 nitrogen and oxygen atoms in total. The number of fused-ring (bicyclic) bond motifs is 1. The Morgan fingerprint density at radius 3 is 2.19 bits per heavy atom. The minimum absolute atomic E-state index is 0.217. The quantitative estimate of drug-likeness (QED) is 0.203. The third kappa shape index (κ3) is 4.03. The van der Waals surface area contributed by atoms with E-state index in [1.165, 1.54) is 6.07 Å². The Bertz CT molecular complexity index is 1360. The molecule has 31 heavy (non-hydrogen) atoms. The van der Waals surface area contributed by atoms with E-state index >= 15 is 0 Å². The van der Waals surface area contributed by atoms with Gasteiger partial charge in [0, 0.05) is 16.3 Å². The highest BCUT2D eigenvalue weighted by Crippen LogP contribution is 2.34. The van der Waals surface area contributed by atoms with Crippen molar-refractivity contribution in [2.45, 2.75) is 18.7 Å². The number of anilines is 3. The van der Waals surface area contributed by atoms with Crippen LogP contribution in [0.25, 0.3) is 22.0 Å². The molecular formula is C23H22N4O3S. The van der Waals surface area contributed by atoms with Crippen LogP contribution in [0.5, 0.6) is 0 Å². The van der Waals surface area contributed by atoms with Gasteiger partial charge in [0.1, 0.15) is 4.90 Å². The first kappa shape index (κ1) is 20.6. The number of aryl methyl sites for hydroxylation is 2. The fourth-order valence-corrected chi connectivity index (χ4v) is 4.38. The Balaban J connectivity index is 1.63. The minimum atomic E-state index is -4.43. The van der Waals surface area contributed by atoms with E-state index in [9.17, 15) is 13.0 Å². The second kappa shape index (κ2) is 7.90. The third-order valence-corrected chi connectivity index (χ3v) is 6.06. The van der Waals surface area contributed by atoms with Crippen molar-refractivity contribution >= 4 is 38.0 Å². The van der Waals surface area contributed by atoms with Gasteiger partial charge in [-0.15, -0.1) is 0 Å². The fraction of sp³-hybridized carbons (Fsp3) is 0.0870. The molecule has 0 radical (unpaired) electrons. The number of hydrogen-bond donors (Lipinski definition) is 4. The van der Waals surface area contributed by atoms with E-state index in [4.69, 9.17) is 5.73 Å². The first-order chi connectivity index (χ1) is 14.8. The van der Waals surface area contributed by atoms with E-state index in [1.54, 1.807) is 30.5 Å². The molecule has 0 fully saturated rings. The maximum absolute atomic E-state index is 11.9. The van der Waals surface area contributed by atoms with Crippen molar-refractivity contribution in [3.63, 3.8) is 0 Å².